The van der Waals surface area contributed by atoms with Gasteiger partial charge in [-0.3, -0.25) is 4.98 Å². The quantitative estimate of drug-likeness (QED) is 0.849. The Morgan fingerprint density at radius 2 is 2.31 bits per heavy atom. The largest absolute Gasteiger partial charge is 0.443 e. The fourth-order valence-corrected chi connectivity index (χ4v) is 1.42. The Bertz CT molecular complexity index is 439. The lowest BCUT2D eigenvalue weighted by Gasteiger charge is -2.05. The molecule has 4 nitrogen and oxygen atoms in total. The summed E-state index contributed by atoms with van der Waals surface area (Å²) in [4.78, 5) is 8.59. The van der Waals surface area contributed by atoms with Crippen molar-refractivity contribution in [1.82, 2.24) is 15.3 Å². The first-order chi connectivity index (χ1) is 7.79. The van der Waals surface area contributed by atoms with Crippen LogP contribution in [0.5, 0.6) is 0 Å². The Morgan fingerprint density at radius 3 is 3.00 bits per heavy atom. The minimum atomic E-state index is 0.390. The summed E-state index contributed by atoms with van der Waals surface area (Å²) in [6.07, 6.45) is 4.28. The number of nitrogens with zero attached hydrogens (tertiary/aromatic N) is 2. The van der Waals surface area contributed by atoms with Gasteiger partial charge in [0, 0.05) is 18.7 Å². The zero-order chi connectivity index (χ0) is 11.4. The fourth-order valence-electron chi connectivity index (χ4n) is 1.42. The summed E-state index contributed by atoms with van der Waals surface area (Å²) in [7, 11) is 1.93. The standard InChI is InChI=1S/C12H15N3O/c1-9(13-2)7-10-8-16-12(15-10)11-5-3-4-6-14-11/h3-6,8-9,13H,7H2,1-2H3. The Kier molecular flexibility index (Phi) is 3.31. The van der Waals surface area contributed by atoms with Crippen molar-refractivity contribution < 1.29 is 4.42 Å². The van der Waals surface area contributed by atoms with Gasteiger partial charge in [-0.2, -0.15) is 0 Å². The molecule has 0 saturated carbocycles. The molecule has 0 aliphatic heterocycles. The van der Waals surface area contributed by atoms with Crippen molar-refractivity contribution in [2.45, 2.75) is 19.4 Å². The zero-order valence-corrected chi connectivity index (χ0v) is 9.47. The second kappa shape index (κ2) is 4.90. The first kappa shape index (κ1) is 10.8. The van der Waals surface area contributed by atoms with E-state index in [1.165, 1.54) is 0 Å². The van der Waals surface area contributed by atoms with E-state index in [4.69, 9.17) is 4.42 Å². The molecule has 2 heterocycles. The SMILES string of the molecule is CNC(C)Cc1coc(-c2ccccn2)n1. The van der Waals surface area contributed by atoms with Gasteiger partial charge in [-0.05, 0) is 26.1 Å². The maximum atomic E-state index is 5.39. The summed E-state index contributed by atoms with van der Waals surface area (Å²) < 4.78 is 5.39. The Balaban J connectivity index is 2.14. The van der Waals surface area contributed by atoms with Crippen LogP contribution in [0.3, 0.4) is 0 Å². The second-order valence-corrected chi connectivity index (χ2v) is 3.75. The Hall–Kier alpha value is -1.68. The van der Waals surface area contributed by atoms with Crippen molar-refractivity contribution in [3.63, 3.8) is 0 Å². The van der Waals surface area contributed by atoms with Gasteiger partial charge in [0.15, 0.2) is 0 Å². The molecule has 0 saturated heterocycles. The molecule has 0 amide bonds. The summed E-state index contributed by atoms with van der Waals surface area (Å²) in [5, 5.41) is 3.17. The van der Waals surface area contributed by atoms with Crippen LogP contribution in [0.4, 0.5) is 0 Å². The van der Waals surface area contributed by atoms with Crippen LogP contribution < -0.4 is 5.32 Å². The first-order valence-corrected chi connectivity index (χ1v) is 5.32. The molecule has 2 aromatic rings. The maximum absolute atomic E-state index is 5.39. The van der Waals surface area contributed by atoms with Gasteiger partial charge in [-0.15, -0.1) is 0 Å². The number of rotatable bonds is 4. The lowest BCUT2D eigenvalue weighted by Crippen LogP contribution is -2.23. The highest BCUT2D eigenvalue weighted by Gasteiger charge is 2.09. The lowest BCUT2D eigenvalue weighted by molar-refractivity contribution is 0.563. The monoisotopic (exact) mass is 217 g/mol. The van der Waals surface area contributed by atoms with Crippen LogP contribution in [0.1, 0.15) is 12.6 Å². The molecule has 0 spiro atoms. The second-order valence-electron chi connectivity index (χ2n) is 3.75. The van der Waals surface area contributed by atoms with Crippen LogP contribution in [0.25, 0.3) is 11.6 Å². The number of hydrogen-bond donors (Lipinski definition) is 1. The predicted molar refractivity (Wildman–Crippen MR) is 62.0 cm³/mol. The summed E-state index contributed by atoms with van der Waals surface area (Å²) in [6.45, 7) is 2.11. The van der Waals surface area contributed by atoms with Crippen LogP contribution >= 0.6 is 0 Å². The van der Waals surface area contributed by atoms with Crippen LogP contribution in [0.2, 0.25) is 0 Å². The molecule has 0 bridgehead atoms. The fraction of sp³-hybridized carbons (Fsp3) is 0.333. The maximum Gasteiger partial charge on any atom is 0.245 e. The van der Waals surface area contributed by atoms with Gasteiger partial charge in [0.25, 0.3) is 0 Å². The molecule has 0 radical (unpaired) electrons. The molecule has 0 aliphatic carbocycles. The third-order valence-electron chi connectivity index (χ3n) is 2.44. The lowest BCUT2D eigenvalue weighted by atomic mass is 10.2. The smallest absolute Gasteiger partial charge is 0.245 e. The molecule has 0 fully saturated rings. The summed E-state index contributed by atoms with van der Waals surface area (Å²) in [6, 6.07) is 6.07. The molecular formula is C12H15N3O. The number of pyridine rings is 1. The molecule has 1 atom stereocenters. The number of hydrogen-bond acceptors (Lipinski definition) is 4. The molecule has 84 valence electrons. The summed E-state index contributed by atoms with van der Waals surface area (Å²) in [5.74, 6) is 0.582. The molecule has 4 heteroatoms. The van der Waals surface area contributed by atoms with Crippen molar-refractivity contribution in [1.29, 1.82) is 0 Å². The van der Waals surface area contributed by atoms with Crippen molar-refractivity contribution in [2.24, 2.45) is 0 Å². The average molecular weight is 217 g/mol. The van der Waals surface area contributed by atoms with E-state index in [-0.39, 0.29) is 0 Å². The van der Waals surface area contributed by atoms with E-state index < -0.39 is 0 Å². The third kappa shape index (κ3) is 2.46. The molecule has 1 unspecified atom stereocenters. The molecule has 2 rings (SSSR count). The highest BCUT2D eigenvalue weighted by Crippen LogP contribution is 2.15. The van der Waals surface area contributed by atoms with Gasteiger partial charge in [-0.25, -0.2) is 4.98 Å². The Labute approximate surface area is 94.7 Å². The minimum absolute atomic E-state index is 0.390. The minimum Gasteiger partial charge on any atom is -0.443 e. The normalized spacial score (nSPS) is 12.6. The summed E-state index contributed by atoms with van der Waals surface area (Å²) >= 11 is 0. The molecular weight excluding hydrogens is 202 g/mol. The number of oxazole rings is 1. The van der Waals surface area contributed by atoms with E-state index in [1.807, 2.05) is 25.2 Å². The molecule has 0 aromatic carbocycles. The van der Waals surface area contributed by atoms with Crippen molar-refractivity contribution >= 4 is 0 Å². The van der Waals surface area contributed by atoms with E-state index in [1.54, 1.807) is 12.5 Å². The third-order valence-corrected chi connectivity index (χ3v) is 2.44. The van der Waals surface area contributed by atoms with Crippen LogP contribution in [-0.4, -0.2) is 23.1 Å². The molecule has 16 heavy (non-hydrogen) atoms. The van der Waals surface area contributed by atoms with Gasteiger partial charge in [-0.1, -0.05) is 6.07 Å². The van der Waals surface area contributed by atoms with Crippen LogP contribution in [-0.2, 0) is 6.42 Å². The van der Waals surface area contributed by atoms with E-state index in [2.05, 4.69) is 22.2 Å². The van der Waals surface area contributed by atoms with Gasteiger partial charge in [0.1, 0.15) is 12.0 Å². The van der Waals surface area contributed by atoms with Crippen molar-refractivity contribution in [3.8, 4) is 11.6 Å². The van der Waals surface area contributed by atoms with Gasteiger partial charge in [0.05, 0.1) is 5.69 Å². The van der Waals surface area contributed by atoms with E-state index in [9.17, 15) is 0 Å². The molecule has 0 aliphatic rings. The number of nitrogens with one attached hydrogen (secondary N) is 1. The van der Waals surface area contributed by atoms with Gasteiger partial charge < -0.3 is 9.73 Å². The van der Waals surface area contributed by atoms with E-state index >= 15 is 0 Å². The Morgan fingerprint density at radius 1 is 1.44 bits per heavy atom. The zero-order valence-electron chi connectivity index (χ0n) is 9.47. The van der Waals surface area contributed by atoms with Crippen molar-refractivity contribution in [2.75, 3.05) is 7.05 Å². The number of likely N-dealkylation sites (N-methyl/N-ethyl adjacent to an activating group) is 1. The highest BCUT2D eigenvalue weighted by molar-refractivity contribution is 5.46. The average Bonchev–Trinajstić information content (AvgIpc) is 2.78. The predicted octanol–water partition coefficient (Wildman–Crippen LogP) is 1.89. The highest BCUT2D eigenvalue weighted by atomic mass is 16.3. The summed E-state index contributed by atoms with van der Waals surface area (Å²) in [5.41, 5.74) is 1.72. The molecule has 1 N–H and O–H groups in total. The molecule has 2 aromatic heterocycles. The van der Waals surface area contributed by atoms with E-state index in [0.717, 1.165) is 17.8 Å². The number of aromatic nitrogens is 2. The van der Waals surface area contributed by atoms with Crippen LogP contribution in [0.15, 0.2) is 35.1 Å². The van der Waals surface area contributed by atoms with Gasteiger partial charge >= 0.3 is 0 Å². The van der Waals surface area contributed by atoms with Crippen molar-refractivity contribution in [3.05, 3.63) is 36.4 Å². The van der Waals surface area contributed by atoms with Crippen LogP contribution in [0, 0.1) is 0 Å². The first-order valence-electron chi connectivity index (χ1n) is 5.32. The topological polar surface area (TPSA) is 51.0 Å². The van der Waals surface area contributed by atoms with E-state index in [0.29, 0.717) is 11.9 Å². The van der Waals surface area contributed by atoms with Gasteiger partial charge in [0.2, 0.25) is 5.89 Å².